The first-order chi connectivity index (χ1) is 12.4. The molecule has 3 rings (SSSR count). The van der Waals surface area contributed by atoms with Crippen LogP contribution in [0.1, 0.15) is 44.1 Å². The van der Waals surface area contributed by atoms with Crippen molar-refractivity contribution in [1.29, 1.82) is 0 Å². The molecule has 0 aromatic heterocycles. The number of aliphatic imine (C=N–C) groups is 1. The number of hydrogen-bond donors (Lipinski definition) is 2. The molecule has 5 nitrogen and oxygen atoms in total. The zero-order chi connectivity index (χ0) is 18.6. The summed E-state index contributed by atoms with van der Waals surface area (Å²) in [7, 11) is -1.17. The Kier molecular flexibility index (Phi) is 8.24. The summed E-state index contributed by atoms with van der Waals surface area (Å²) in [5.41, 5.74) is 1.38. The van der Waals surface area contributed by atoms with E-state index in [0.29, 0.717) is 12.4 Å². The van der Waals surface area contributed by atoms with Crippen molar-refractivity contribution in [1.82, 2.24) is 10.6 Å². The minimum absolute atomic E-state index is 0. The number of benzene rings is 1. The second-order valence-electron chi connectivity index (χ2n) is 7.52. The molecule has 0 radical (unpaired) electrons. The first-order valence-electron chi connectivity index (χ1n) is 9.36. The maximum absolute atomic E-state index is 11.7. The Morgan fingerprint density at radius 3 is 2.44 bits per heavy atom. The van der Waals surface area contributed by atoms with Gasteiger partial charge in [0.1, 0.15) is 0 Å². The quantitative estimate of drug-likeness (QED) is 0.359. The van der Waals surface area contributed by atoms with Crippen molar-refractivity contribution in [2.45, 2.75) is 50.0 Å². The average Bonchev–Trinajstić information content (AvgIpc) is 2.98. The first kappa shape index (κ1) is 22.7. The molecule has 1 heterocycles. The number of halogens is 2. The van der Waals surface area contributed by atoms with Crippen molar-refractivity contribution in [3.05, 3.63) is 34.9 Å². The van der Waals surface area contributed by atoms with Gasteiger partial charge in [0, 0.05) is 30.1 Å². The molecule has 0 spiro atoms. The third-order valence-electron chi connectivity index (χ3n) is 5.66. The Balaban J connectivity index is 0.00000261. The second kappa shape index (κ2) is 9.78. The molecule has 0 bridgehead atoms. The highest BCUT2D eigenvalue weighted by atomic mass is 127. The molecule has 152 valence electrons. The van der Waals surface area contributed by atoms with E-state index in [1.165, 1.54) is 24.8 Å². The lowest BCUT2D eigenvalue weighted by atomic mass is 9.69. The molecule has 1 aromatic carbocycles. The average molecular weight is 526 g/mol. The summed E-state index contributed by atoms with van der Waals surface area (Å²) in [4.78, 5) is 4.30. The zero-order valence-corrected chi connectivity index (χ0v) is 19.6. The van der Waals surface area contributed by atoms with E-state index >= 15 is 0 Å². The largest absolute Gasteiger partial charge is 0.356 e. The van der Waals surface area contributed by atoms with E-state index in [4.69, 9.17) is 11.6 Å². The third-order valence-corrected chi connectivity index (χ3v) is 7.68. The fourth-order valence-electron chi connectivity index (χ4n) is 4.15. The standard InChI is InChI=1S/C19H28ClN3O2S.HI/c1-21-18(23-17-9-12-26(24,25)13-17)22-14-19(10-3-2-4-11-19)15-5-7-16(20)8-6-15;/h5-8,17H,2-4,9-14H2,1H3,(H2,21,22,23);1H. The van der Waals surface area contributed by atoms with Crippen LogP contribution in [0, 0.1) is 0 Å². The van der Waals surface area contributed by atoms with Crippen LogP contribution in [0.4, 0.5) is 0 Å². The van der Waals surface area contributed by atoms with Gasteiger partial charge in [0.15, 0.2) is 15.8 Å². The van der Waals surface area contributed by atoms with Crippen LogP contribution in [0.5, 0.6) is 0 Å². The Labute approximate surface area is 184 Å². The Bertz CT molecular complexity index is 747. The minimum atomic E-state index is -2.90. The van der Waals surface area contributed by atoms with E-state index in [9.17, 15) is 8.42 Å². The highest BCUT2D eigenvalue weighted by Gasteiger charge is 2.34. The molecule has 0 amide bonds. The van der Waals surface area contributed by atoms with Gasteiger partial charge >= 0.3 is 0 Å². The fourth-order valence-corrected chi connectivity index (χ4v) is 5.95. The molecule has 8 heteroatoms. The SMILES string of the molecule is CN=C(NCC1(c2ccc(Cl)cc2)CCCCC1)NC1CCS(=O)(=O)C1.I. The number of hydrogen-bond acceptors (Lipinski definition) is 3. The Morgan fingerprint density at radius 2 is 1.89 bits per heavy atom. The lowest BCUT2D eigenvalue weighted by Crippen LogP contribution is -2.49. The molecule has 1 saturated heterocycles. The number of sulfone groups is 1. The second-order valence-corrected chi connectivity index (χ2v) is 10.2. The van der Waals surface area contributed by atoms with Crippen LogP contribution in [0.2, 0.25) is 5.02 Å². The minimum Gasteiger partial charge on any atom is -0.356 e. The molecule has 1 aromatic rings. The van der Waals surface area contributed by atoms with Gasteiger partial charge in [-0.1, -0.05) is 43.0 Å². The van der Waals surface area contributed by atoms with Gasteiger partial charge in [-0.2, -0.15) is 0 Å². The number of rotatable bonds is 4. The third kappa shape index (κ3) is 5.97. The van der Waals surface area contributed by atoms with Gasteiger partial charge in [0.25, 0.3) is 0 Å². The molecule has 1 atom stereocenters. The van der Waals surface area contributed by atoms with Crippen LogP contribution in [-0.2, 0) is 15.3 Å². The van der Waals surface area contributed by atoms with Crippen molar-refractivity contribution < 1.29 is 8.42 Å². The lowest BCUT2D eigenvalue weighted by molar-refractivity contribution is 0.291. The van der Waals surface area contributed by atoms with Gasteiger partial charge in [-0.25, -0.2) is 8.42 Å². The van der Waals surface area contributed by atoms with Crippen LogP contribution in [-0.4, -0.2) is 45.5 Å². The number of guanidine groups is 1. The van der Waals surface area contributed by atoms with Crippen LogP contribution < -0.4 is 10.6 Å². The molecular formula is C19H29ClIN3O2S. The molecule has 1 aliphatic heterocycles. The normalized spacial score (nSPS) is 24.1. The molecular weight excluding hydrogens is 497 g/mol. The van der Waals surface area contributed by atoms with E-state index in [0.717, 1.165) is 24.4 Å². The van der Waals surface area contributed by atoms with E-state index in [1.54, 1.807) is 7.05 Å². The Morgan fingerprint density at radius 1 is 1.22 bits per heavy atom. The van der Waals surface area contributed by atoms with Gasteiger partial charge in [-0.15, -0.1) is 24.0 Å². The van der Waals surface area contributed by atoms with Crippen molar-refractivity contribution in [3.8, 4) is 0 Å². The van der Waals surface area contributed by atoms with Gasteiger partial charge in [-0.3, -0.25) is 4.99 Å². The predicted octanol–water partition coefficient (Wildman–Crippen LogP) is 3.51. The fraction of sp³-hybridized carbons (Fsp3) is 0.632. The molecule has 2 aliphatic rings. The molecule has 2 N–H and O–H groups in total. The number of nitrogens with zero attached hydrogens (tertiary/aromatic N) is 1. The smallest absolute Gasteiger partial charge is 0.191 e. The summed E-state index contributed by atoms with van der Waals surface area (Å²) in [6.07, 6.45) is 6.63. The van der Waals surface area contributed by atoms with Crippen molar-refractivity contribution in [2.75, 3.05) is 25.1 Å². The summed E-state index contributed by atoms with van der Waals surface area (Å²) >= 11 is 6.07. The van der Waals surface area contributed by atoms with Gasteiger partial charge in [-0.05, 0) is 37.0 Å². The molecule has 2 fully saturated rings. The molecule has 1 aliphatic carbocycles. The lowest BCUT2D eigenvalue weighted by Gasteiger charge is -2.38. The van der Waals surface area contributed by atoms with Gasteiger partial charge < -0.3 is 10.6 Å². The number of nitrogens with one attached hydrogen (secondary N) is 2. The monoisotopic (exact) mass is 525 g/mol. The van der Waals surface area contributed by atoms with Crippen LogP contribution >= 0.6 is 35.6 Å². The maximum Gasteiger partial charge on any atom is 0.191 e. The first-order valence-corrected chi connectivity index (χ1v) is 11.6. The highest BCUT2D eigenvalue weighted by molar-refractivity contribution is 14.0. The van der Waals surface area contributed by atoms with Crippen molar-refractivity contribution in [3.63, 3.8) is 0 Å². The molecule has 27 heavy (non-hydrogen) atoms. The van der Waals surface area contributed by atoms with Gasteiger partial charge in [0.2, 0.25) is 0 Å². The Hall–Kier alpha value is -0.540. The van der Waals surface area contributed by atoms with Crippen molar-refractivity contribution >= 4 is 51.4 Å². The summed E-state index contributed by atoms with van der Waals surface area (Å²) in [5, 5.41) is 7.49. The van der Waals surface area contributed by atoms with Gasteiger partial charge in [0.05, 0.1) is 11.5 Å². The van der Waals surface area contributed by atoms with E-state index in [1.807, 2.05) is 12.1 Å². The molecule has 1 saturated carbocycles. The van der Waals surface area contributed by atoms with Crippen LogP contribution in [0.15, 0.2) is 29.3 Å². The van der Waals surface area contributed by atoms with Crippen LogP contribution in [0.25, 0.3) is 0 Å². The van der Waals surface area contributed by atoms with E-state index in [2.05, 4.69) is 27.8 Å². The topological polar surface area (TPSA) is 70.6 Å². The molecule has 1 unspecified atom stereocenters. The summed E-state index contributed by atoms with van der Waals surface area (Å²) < 4.78 is 23.3. The summed E-state index contributed by atoms with van der Waals surface area (Å²) in [5.74, 6) is 1.14. The van der Waals surface area contributed by atoms with E-state index < -0.39 is 9.84 Å². The zero-order valence-electron chi connectivity index (χ0n) is 15.7. The highest BCUT2D eigenvalue weighted by Crippen LogP contribution is 2.39. The predicted molar refractivity (Wildman–Crippen MR) is 123 cm³/mol. The summed E-state index contributed by atoms with van der Waals surface area (Å²) in [6, 6.07) is 8.14. The van der Waals surface area contributed by atoms with Crippen LogP contribution in [0.3, 0.4) is 0 Å². The maximum atomic E-state index is 11.7. The van der Waals surface area contributed by atoms with Crippen molar-refractivity contribution in [2.24, 2.45) is 4.99 Å². The van der Waals surface area contributed by atoms with E-state index in [-0.39, 0.29) is 46.9 Å². The summed E-state index contributed by atoms with van der Waals surface area (Å²) in [6.45, 7) is 0.785.